The first-order valence-corrected chi connectivity index (χ1v) is 8.49. The van der Waals surface area contributed by atoms with Crippen molar-refractivity contribution in [3.8, 4) is 0 Å². The van der Waals surface area contributed by atoms with Crippen LogP contribution in [0.5, 0.6) is 0 Å². The lowest BCUT2D eigenvalue weighted by Gasteiger charge is -2.24. The van der Waals surface area contributed by atoms with Crippen LogP contribution in [0.15, 0.2) is 0 Å². The normalized spacial score (nSPS) is 16.2. The molecule has 5 atom stereocenters. The molecule has 1 radical (unpaired) electrons. The monoisotopic (exact) mass is 403 g/mol. The number of aliphatic hydroxyl groups is 2. The standard InChI is InChI=1S/C16H27N4O8/c1-7(2)10(5-21)19-14(26)9(4-12(24)25)18-15(27)11(6-22)20-16(28)13(17)8(3)23/h7-11,13,22-23H,4,6,17H2,1-3H3,(H,18,27)(H,19,26)(H,20,28)(H,24,25)/t8-,9+,10-,11+,13+/m1/s1. The van der Waals surface area contributed by atoms with Gasteiger partial charge < -0.3 is 37.0 Å². The van der Waals surface area contributed by atoms with E-state index in [1.54, 1.807) is 20.1 Å². The number of carbonyl (C=O) groups is 4. The molecule has 0 aromatic carbocycles. The number of carbonyl (C=O) groups excluding carboxylic acids is 4. The Hall–Kier alpha value is -2.57. The summed E-state index contributed by atoms with van der Waals surface area (Å²) in [6.07, 6.45) is -0.426. The number of rotatable bonds is 12. The quantitative estimate of drug-likeness (QED) is 0.171. The van der Waals surface area contributed by atoms with Crippen molar-refractivity contribution in [2.45, 2.75) is 57.5 Å². The Labute approximate surface area is 161 Å². The van der Waals surface area contributed by atoms with Crippen LogP contribution < -0.4 is 21.7 Å². The van der Waals surface area contributed by atoms with Crippen LogP contribution in [0.25, 0.3) is 0 Å². The highest BCUT2D eigenvalue weighted by molar-refractivity contribution is 5.95. The van der Waals surface area contributed by atoms with E-state index in [9.17, 15) is 34.2 Å². The molecule has 0 fully saturated rings. The summed E-state index contributed by atoms with van der Waals surface area (Å²) in [5.74, 6) is -4.65. The van der Waals surface area contributed by atoms with Gasteiger partial charge in [0.05, 0.1) is 25.2 Å². The maximum absolute atomic E-state index is 12.2. The van der Waals surface area contributed by atoms with Gasteiger partial charge >= 0.3 is 5.97 Å². The fourth-order valence-electron chi connectivity index (χ4n) is 1.92. The Morgan fingerprint density at radius 3 is 1.86 bits per heavy atom. The molecule has 159 valence electrons. The van der Waals surface area contributed by atoms with E-state index < -0.39 is 67.0 Å². The highest BCUT2D eigenvalue weighted by Crippen LogP contribution is 2.02. The summed E-state index contributed by atoms with van der Waals surface area (Å²) in [4.78, 5) is 58.2. The number of hydrogen-bond donors (Lipinski definition) is 7. The zero-order chi connectivity index (χ0) is 22.0. The van der Waals surface area contributed by atoms with E-state index >= 15 is 0 Å². The van der Waals surface area contributed by atoms with Gasteiger partial charge in [0.15, 0.2) is 0 Å². The summed E-state index contributed by atoms with van der Waals surface area (Å²) in [5.41, 5.74) is 5.42. The third kappa shape index (κ3) is 8.41. The topological polar surface area (TPSA) is 208 Å². The van der Waals surface area contributed by atoms with Crippen molar-refractivity contribution in [3.63, 3.8) is 0 Å². The first-order valence-electron chi connectivity index (χ1n) is 8.49. The Bertz CT molecular complexity index is 581. The van der Waals surface area contributed by atoms with E-state index in [0.29, 0.717) is 0 Å². The van der Waals surface area contributed by atoms with E-state index in [2.05, 4.69) is 16.0 Å². The lowest BCUT2D eigenvalue weighted by atomic mass is 10.0. The van der Waals surface area contributed by atoms with E-state index in [1.807, 2.05) is 0 Å². The molecule has 0 aromatic heterocycles. The van der Waals surface area contributed by atoms with Crippen molar-refractivity contribution < 1.29 is 39.3 Å². The minimum absolute atomic E-state index is 0.325. The van der Waals surface area contributed by atoms with Crippen molar-refractivity contribution in [3.05, 3.63) is 0 Å². The van der Waals surface area contributed by atoms with Crippen molar-refractivity contribution in [2.75, 3.05) is 6.61 Å². The molecule has 0 spiro atoms. The number of nitrogens with two attached hydrogens (primary N) is 1. The largest absolute Gasteiger partial charge is 0.481 e. The second-order valence-electron chi connectivity index (χ2n) is 6.52. The molecular formula is C16H27N4O8. The maximum atomic E-state index is 12.2. The van der Waals surface area contributed by atoms with Gasteiger partial charge in [-0.3, -0.25) is 24.0 Å². The molecule has 0 aliphatic heterocycles. The maximum Gasteiger partial charge on any atom is 0.305 e. The Balaban J connectivity index is 5.21. The zero-order valence-electron chi connectivity index (χ0n) is 15.8. The molecular weight excluding hydrogens is 376 g/mol. The number of nitrogens with one attached hydrogen (secondary N) is 3. The minimum atomic E-state index is -1.57. The van der Waals surface area contributed by atoms with Crippen LogP contribution in [0.4, 0.5) is 0 Å². The molecule has 0 saturated carbocycles. The van der Waals surface area contributed by atoms with Crippen molar-refractivity contribution in [1.82, 2.24) is 16.0 Å². The lowest BCUT2D eigenvalue weighted by molar-refractivity contribution is -0.141. The highest BCUT2D eigenvalue weighted by Gasteiger charge is 2.31. The summed E-state index contributed by atoms with van der Waals surface area (Å²) in [5, 5.41) is 34.0. The van der Waals surface area contributed by atoms with Crippen LogP contribution in [0.2, 0.25) is 0 Å². The van der Waals surface area contributed by atoms with Gasteiger partial charge in [0, 0.05) is 0 Å². The summed E-state index contributed by atoms with van der Waals surface area (Å²) < 4.78 is 0. The van der Waals surface area contributed by atoms with Gasteiger partial charge in [-0.2, -0.15) is 0 Å². The smallest absolute Gasteiger partial charge is 0.305 e. The molecule has 0 aliphatic carbocycles. The Morgan fingerprint density at radius 2 is 1.46 bits per heavy atom. The number of aliphatic carboxylic acids is 1. The van der Waals surface area contributed by atoms with Gasteiger partial charge in [0.25, 0.3) is 0 Å². The molecule has 0 saturated heterocycles. The third-order valence-electron chi connectivity index (χ3n) is 3.74. The van der Waals surface area contributed by atoms with Crippen LogP contribution in [0.1, 0.15) is 27.2 Å². The summed E-state index contributed by atoms with van der Waals surface area (Å²) in [6, 6.07) is -5.50. The van der Waals surface area contributed by atoms with E-state index in [0.717, 1.165) is 0 Å². The molecule has 28 heavy (non-hydrogen) atoms. The second kappa shape index (κ2) is 12.0. The van der Waals surface area contributed by atoms with Crippen LogP contribution in [0, 0.1) is 5.92 Å². The molecule has 3 amide bonds. The fourth-order valence-corrected chi connectivity index (χ4v) is 1.92. The van der Waals surface area contributed by atoms with Gasteiger partial charge in [-0.05, 0) is 12.8 Å². The van der Waals surface area contributed by atoms with Crippen LogP contribution >= 0.6 is 0 Å². The van der Waals surface area contributed by atoms with Gasteiger partial charge in [-0.15, -0.1) is 0 Å². The van der Waals surface area contributed by atoms with E-state index in [4.69, 9.17) is 10.8 Å². The Kier molecular flexibility index (Phi) is 10.9. The van der Waals surface area contributed by atoms with Crippen LogP contribution in [-0.2, 0) is 24.0 Å². The molecule has 12 nitrogen and oxygen atoms in total. The molecule has 0 heterocycles. The predicted molar refractivity (Wildman–Crippen MR) is 95.3 cm³/mol. The molecule has 0 aliphatic rings. The molecule has 0 bridgehead atoms. The predicted octanol–water partition coefficient (Wildman–Crippen LogP) is -3.62. The van der Waals surface area contributed by atoms with Crippen molar-refractivity contribution in [2.24, 2.45) is 11.7 Å². The Morgan fingerprint density at radius 1 is 0.964 bits per heavy atom. The second-order valence-corrected chi connectivity index (χ2v) is 6.52. The van der Waals surface area contributed by atoms with Crippen LogP contribution in [0.3, 0.4) is 0 Å². The molecule has 0 rings (SSSR count). The van der Waals surface area contributed by atoms with Gasteiger partial charge in [0.2, 0.25) is 24.0 Å². The summed E-state index contributed by atoms with van der Waals surface area (Å²) >= 11 is 0. The number of carboxylic acid groups (broad SMARTS) is 1. The first-order chi connectivity index (χ1) is 12.9. The van der Waals surface area contributed by atoms with Crippen molar-refractivity contribution in [1.29, 1.82) is 0 Å². The third-order valence-corrected chi connectivity index (χ3v) is 3.74. The highest BCUT2D eigenvalue weighted by atomic mass is 16.4. The fraction of sp³-hybridized carbons (Fsp3) is 0.688. The summed E-state index contributed by atoms with van der Waals surface area (Å²) in [7, 11) is 0. The lowest BCUT2D eigenvalue weighted by Crippen LogP contribution is -2.59. The SMILES string of the molecule is CC(C)[C@@H]([C]=O)NC(=O)[C@H](CC(=O)O)NC(=O)[C@H](CO)NC(=O)[C@@H](N)[C@@H](C)O. The minimum Gasteiger partial charge on any atom is -0.481 e. The van der Waals surface area contributed by atoms with E-state index in [1.165, 1.54) is 6.92 Å². The molecule has 0 unspecified atom stereocenters. The van der Waals surface area contributed by atoms with Gasteiger partial charge in [-0.25, -0.2) is 0 Å². The number of aliphatic hydroxyl groups excluding tert-OH is 2. The number of carboxylic acids is 1. The average Bonchev–Trinajstić information content (AvgIpc) is 2.61. The van der Waals surface area contributed by atoms with Gasteiger partial charge in [-0.1, -0.05) is 13.8 Å². The van der Waals surface area contributed by atoms with E-state index in [-0.39, 0.29) is 5.92 Å². The first kappa shape index (κ1) is 25.4. The summed E-state index contributed by atoms with van der Waals surface area (Å²) in [6.45, 7) is 3.63. The molecule has 12 heteroatoms. The number of amides is 3. The van der Waals surface area contributed by atoms with Crippen molar-refractivity contribution >= 4 is 30.0 Å². The molecule has 0 aromatic rings. The zero-order valence-corrected chi connectivity index (χ0v) is 15.8. The number of hydrogen-bond acceptors (Lipinski definition) is 8. The van der Waals surface area contributed by atoms with Gasteiger partial charge in [0.1, 0.15) is 18.1 Å². The molecule has 8 N–H and O–H groups in total. The van der Waals surface area contributed by atoms with Crippen LogP contribution in [-0.4, -0.2) is 82.2 Å². The average molecular weight is 403 g/mol.